The molecule has 0 spiro atoms. The van der Waals surface area contributed by atoms with Gasteiger partial charge in [-0.3, -0.25) is 0 Å². The Kier molecular flexibility index (Phi) is 5.38. The van der Waals surface area contributed by atoms with Gasteiger partial charge >= 0.3 is 0 Å². The van der Waals surface area contributed by atoms with Crippen LogP contribution in [-0.2, 0) is 0 Å². The monoisotopic (exact) mass is 306 g/mol. The fraction of sp³-hybridized carbons (Fsp3) is 0. The first-order valence-corrected chi connectivity index (χ1v) is 8.27. The normalized spacial score (nSPS) is 10.0. The fourth-order valence-electron chi connectivity index (χ4n) is 1.32. The van der Waals surface area contributed by atoms with Crippen molar-refractivity contribution in [1.82, 2.24) is 0 Å². The van der Waals surface area contributed by atoms with Crippen LogP contribution < -0.4 is 0 Å². The lowest BCUT2D eigenvalue weighted by molar-refractivity contribution is 1.69. The van der Waals surface area contributed by atoms with Gasteiger partial charge < -0.3 is 0 Å². The van der Waals surface area contributed by atoms with Crippen LogP contribution in [0.1, 0.15) is 11.1 Å². The standard InChI is InChI=1S/C14H10S4/c15-13(11-7-3-1-4-8-11)17-18-14(16)12-9-5-2-6-10-12/h1-10H. The maximum atomic E-state index is 5.37. The van der Waals surface area contributed by atoms with Crippen molar-refractivity contribution in [1.29, 1.82) is 0 Å². The molecular weight excluding hydrogens is 296 g/mol. The van der Waals surface area contributed by atoms with Gasteiger partial charge in [-0.25, -0.2) is 0 Å². The summed E-state index contributed by atoms with van der Waals surface area (Å²) in [5.74, 6) is 0. The lowest BCUT2D eigenvalue weighted by atomic mass is 10.2. The van der Waals surface area contributed by atoms with Crippen LogP contribution in [0.25, 0.3) is 0 Å². The highest BCUT2D eigenvalue weighted by atomic mass is 33.1. The maximum absolute atomic E-state index is 5.37. The van der Waals surface area contributed by atoms with Crippen LogP contribution in [0.3, 0.4) is 0 Å². The van der Waals surface area contributed by atoms with E-state index in [0.29, 0.717) is 0 Å². The number of hydrogen-bond acceptors (Lipinski definition) is 4. The largest absolute Gasteiger partial charge is 0.0888 e. The smallest absolute Gasteiger partial charge is 0.0709 e. The Balaban J connectivity index is 1.93. The second-order valence-electron chi connectivity index (χ2n) is 3.47. The van der Waals surface area contributed by atoms with Crippen LogP contribution >= 0.6 is 46.0 Å². The van der Waals surface area contributed by atoms with Gasteiger partial charge in [0.2, 0.25) is 0 Å². The molecule has 2 aromatic rings. The van der Waals surface area contributed by atoms with Crippen LogP contribution in [0.15, 0.2) is 60.7 Å². The van der Waals surface area contributed by atoms with Crippen molar-refractivity contribution >= 4 is 54.4 Å². The van der Waals surface area contributed by atoms with E-state index in [1.165, 1.54) is 21.6 Å². The van der Waals surface area contributed by atoms with Gasteiger partial charge in [-0.1, -0.05) is 85.1 Å². The molecular formula is C14H10S4. The summed E-state index contributed by atoms with van der Waals surface area (Å²) >= 11 is 10.7. The summed E-state index contributed by atoms with van der Waals surface area (Å²) in [6.45, 7) is 0. The van der Waals surface area contributed by atoms with E-state index >= 15 is 0 Å². The molecule has 0 unspecified atom stereocenters. The predicted octanol–water partition coefficient (Wildman–Crippen LogP) is 5.12. The summed E-state index contributed by atoms with van der Waals surface area (Å²) in [5, 5.41) is 0. The van der Waals surface area contributed by atoms with Crippen molar-refractivity contribution in [3.8, 4) is 0 Å². The van der Waals surface area contributed by atoms with Crippen LogP contribution in [-0.4, -0.2) is 8.39 Å². The average Bonchev–Trinajstić information content (AvgIpc) is 2.46. The van der Waals surface area contributed by atoms with Gasteiger partial charge in [-0.15, -0.1) is 0 Å². The van der Waals surface area contributed by atoms with Gasteiger partial charge in [0, 0.05) is 0 Å². The highest BCUT2D eigenvalue weighted by Gasteiger charge is 2.06. The molecule has 0 atom stereocenters. The quantitative estimate of drug-likeness (QED) is 0.557. The van der Waals surface area contributed by atoms with E-state index in [-0.39, 0.29) is 0 Å². The first-order valence-electron chi connectivity index (χ1n) is 5.30. The Morgan fingerprint density at radius 2 is 0.944 bits per heavy atom. The summed E-state index contributed by atoms with van der Waals surface area (Å²) in [6, 6.07) is 20.0. The average molecular weight is 307 g/mol. The first-order chi connectivity index (χ1) is 8.77. The first kappa shape index (κ1) is 13.7. The van der Waals surface area contributed by atoms with Gasteiger partial charge in [0.1, 0.15) is 0 Å². The molecule has 18 heavy (non-hydrogen) atoms. The molecule has 0 aliphatic carbocycles. The molecule has 0 amide bonds. The van der Waals surface area contributed by atoms with E-state index in [1.807, 2.05) is 60.7 Å². The number of benzene rings is 2. The number of thiocarbonyl (C=S) groups is 2. The molecule has 0 fully saturated rings. The molecule has 0 nitrogen and oxygen atoms in total. The molecule has 90 valence electrons. The summed E-state index contributed by atoms with van der Waals surface area (Å²) in [7, 11) is 3.08. The molecule has 0 N–H and O–H groups in total. The van der Waals surface area contributed by atoms with Crippen LogP contribution in [0.2, 0.25) is 0 Å². The zero-order valence-corrected chi connectivity index (χ0v) is 12.7. The van der Waals surface area contributed by atoms with E-state index in [4.69, 9.17) is 24.4 Å². The van der Waals surface area contributed by atoms with Crippen molar-refractivity contribution in [2.24, 2.45) is 0 Å². The topological polar surface area (TPSA) is 0 Å². The number of rotatable bonds is 2. The molecule has 4 heteroatoms. The third-order valence-electron chi connectivity index (χ3n) is 2.21. The Bertz CT molecular complexity index is 483. The predicted molar refractivity (Wildman–Crippen MR) is 91.5 cm³/mol. The molecule has 0 aromatic heterocycles. The highest BCUT2D eigenvalue weighted by Crippen LogP contribution is 2.30. The third kappa shape index (κ3) is 3.92. The van der Waals surface area contributed by atoms with E-state index in [2.05, 4.69) is 0 Å². The molecule has 0 saturated heterocycles. The van der Waals surface area contributed by atoms with Crippen molar-refractivity contribution in [3.63, 3.8) is 0 Å². The van der Waals surface area contributed by atoms with E-state index in [9.17, 15) is 0 Å². The second-order valence-corrected chi connectivity index (χ2v) is 6.96. The molecule has 0 radical (unpaired) electrons. The van der Waals surface area contributed by atoms with Crippen molar-refractivity contribution in [3.05, 3.63) is 71.8 Å². The minimum atomic E-state index is 0.860. The van der Waals surface area contributed by atoms with Crippen LogP contribution in [0.4, 0.5) is 0 Å². The molecule has 0 saturated carbocycles. The second kappa shape index (κ2) is 7.04. The van der Waals surface area contributed by atoms with Gasteiger partial charge in [0.15, 0.2) is 0 Å². The lowest BCUT2D eigenvalue weighted by Gasteiger charge is -2.04. The molecule has 0 heterocycles. The Morgan fingerprint density at radius 1 is 0.611 bits per heavy atom. The Labute approximate surface area is 126 Å². The molecule has 2 rings (SSSR count). The summed E-state index contributed by atoms with van der Waals surface area (Å²) in [5.41, 5.74) is 2.14. The zero-order chi connectivity index (χ0) is 12.8. The van der Waals surface area contributed by atoms with Crippen LogP contribution in [0.5, 0.6) is 0 Å². The van der Waals surface area contributed by atoms with Gasteiger partial charge in [-0.05, 0) is 32.7 Å². The molecule has 0 aliphatic heterocycles. The number of hydrogen-bond donors (Lipinski definition) is 0. The van der Waals surface area contributed by atoms with Gasteiger partial charge in [-0.2, -0.15) is 0 Å². The van der Waals surface area contributed by atoms with E-state index < -0.39 is 0 Å². The SMILES string of the molecule is S=C(SSC(=S)c1ccccc1)c1ccccc1. The van der Waals surface area contributed by atoms with Crippen molar-refractivity contribution in [2.45, 2.75) is 0 Å². The van der Waals surface area contributed by atoms with E-state index in [1.54, 1.807) is 0 Å². The maximum Gasteiger partial charge on any atom is 0.0888 e. The minimum Gasteiger partial charge on any atom is -0.0709 e. The van der Waals surface area contributed by atoms with Gasteiger partial charge in [0.25, 0.3) is 0 Å². The van der Waals surface area contributed by atoms with E-state index in [0.717, 1.165) is 19.5 Å². The van der Waals surface area contributed by atoms with Crippen molar-refractivity contribution < 1.29 is 0 Å². The highest BCUT2D eigenvalue weighted by molar-refractivity contribution is 8.90. The summed E-state index contributed by atoms with van der Waals surface area (Å²) in [4.78, 5) is 0. The lowest BCUT2D eigenvalue weighted by Crippen LogP contribution is -1.92. The summed E-state index contributed by atoms with van der Waals surface area (Å²) in [6.07, 6.45) is 0. The fourth-order valence-corrected chi connectivity index (χ4v) is 3.85. The van der Waals surface area contributed by atoms with Crippen LogP contribution in [0, 0.1) is 0 Å². The minimum absolute atomic E-state index is 0.860. The zero-order valence-electron chi connectivity index (χ0n) is 9.41. The Hall–Kier alpha value is -0.680. The van der Waals surface area contributed by atoms with Gasteiger partial charge in [0.05, 0.1) is 8.39 Å². The molecule has 0 bridgehead atoms. The molecule has 2 aromatic carbocycles. The summed E-state index contributed by atoms with van der Waals surface area (Å²) < 4.78 is 1.72. The molecule has 0 aliphatic rings. The Morgan fingerprint density at radius 3 is 1.28 bits per heavy atom. The third-order valence-corrected chi connectivity index (χ3v) is 5.92. The van der Waals surface area contributed by atoms with Crippen molar-refractivity contribution in [2.75, 3.05) is 0 Å².